The van der Waals surface area contributed by atoms with E-state index >= 15 is 0 Å². The van der Waals surface area contributed by atoms with Gasteiger partial charge < -0.3 is 0 Å². The molecule has 0 saturated carbocycles. The lowest BCUT2D eigenvalue weighted by Gasteiger charge is -2.22. The molecular weight excluding hydrogens is 388 g/mol. The lowest BCUT2D eigenvalue weighted by atomic mass is 10.5. The zero-order chi connectivity index (χ0) is 18.7. The maximum absolute atomic E-state index is 12.1. The number of sulfone groups is 4. The topological polar surface area (TPSA) is 137 Å². The lowest BCUT2D eigenvalue weighted by Crippen LogP contribution is -2.42. The molecule has 0 spiro atoms. The summed E-state index contributed by atoms with van der Waals surface area (Å²) in [5, 5.41) is 0. The summed E-state index contributed by atoms with van der Waals surface area (Å²) in [5.41, 5.74) is 0. The van der Waals surface area contributed by atoms with E-state index in [4.69, 9.17) is 0 Å². The van der Waals surface area contributed by atoms with Crippen LogP contribution in [0.2, 0.25) is 0 Å². The van der Waals surface area contributed by atoms with Gasteiger partial charge in [-0.1, -0.05) is 27.7 Å². The van der Waals surface area contributed by atoms with Gasteiger partial charge in [0.2, 0.25) is 0 Å². The van der Waals surface area contributed by atoms with Gasteiger partial charge in [-0.2, -0.15) is 0 Å². The molecule has 0 atom stereocenters. The maximum Gasteiger partial charge on any atom is 0.167 e. The van der Waals surface area contributed by atoms with Crippen molar-refractivity contribution in [3.05, 3.63) is 0 Å². The van der Waals surface area contributed by atoms with E-state index in [1.165, 1.54) is 27.7 Å². The summed E-state index contributed by atoms with van der Waals surface area (Å²) < 4.78 is 92.7. The van der Waals surface area contributed by atoms with Crippen LogP contribution in [0.25, 0.3) is 0 Å². The average molecular weight is 413 g/mol. The molecule has 0 aliphatic carbocycles. The Labute approximate surface area is 139 Å². The Morgan fingerprint density at radius 2 is 0.652 bits per heavy atom. The van der Waals surface area contributed by atoms with Crippen molar-refractivity contribution < 1.29 is 33.7 Å². The predicted octanol–water partition coefficient (Wildman–Crippen LogP) is -0.232. The first-order valence-corrected chi connectivity index (χ1v) is 13.9. The smallest absolute Gasteiger partial charge is 0.167 e. The Bertz CT molecular complexity index is 665. The second-order valence-electron chi connectivity index (χ2n) is 4.90. The molecule has 0 fully saturated rings. The maximum atomic E-state index is 12.1. The van der Waals surface area contributed by atoms with Crippen molar-refractivity contribution in [3.63, 3.8) is 0 Å². The summed E-state index contributed by atoms with van der Waals surface area (Å²) in [7, 11) is -16.7. The highest BCUT2D eigenvalue weighted by Gasteiger charge is 2.44. The molecule has 0 aromatic rings. The monoisotopic (exact) mass is 412 g/mol. The quantitative estimate of drug-likeness (QED) is 0.480. The Balaban J connectivity index is 6.34. The molecule has 0 radical (unpaired) electrons. The molecule has 0 N–H and O–H groups in total. The number of hydrogen-bond donors (Lipinski definition) is 0. The van der Waals surface area contributed by atoms with Crippen molar-refractivity contribution in [2.45, 2.75) is 43.3 Å². The van der Waals surface area contributed by atoms with E-state index in [0.29, 0.717) is 0 Å². The Kier molecular flexibility index (Phi) is 7.72. The van der Waals surface area contributed by atoms with E-state index in [0.717, 1.165) is 0 Å². The fourth-order valence-corrected chi connectivity index (χ4v) is 11.1. The Morgan fingerprint density at radius 1 is 0.478 bits per heavy atom. The van der Waals surface area contributed by atoms with Gasteiger partial charge in [-0.3, -0.25) is 0 Å². The van der Waals surface area contributed by atoms with Crippen molar-refractivity contribution >= 4 is 39.3 Å². The van der Waals surface area contributed by atoms with Crippen LogP contribution < -0.4 is 0 Å². The van der Waals surface area contributed by atoms with Crippen molar-refractivity contribution in [2.24, 2.45) is 0 Å². The largest absolute Gasteiger partial charge is 0.228 e. The first kappa shape index (κ1) is 22.8. The molecule has 0 saturated heterocycles. The van der Waals surface area contributed by atoms with Gasteiger partial charge in [0.05, 0.1) is 0 Å². The van der Waals surface area contributed by atoms with Crippen LogP contribution in [0, 0.1) is 0 Å². The van der Waals surface area contributed by atoms with Crippen LogP contribution in [0.4, 0.5) is 0 Å². The van der Waals surface area contributed by atoms with E-state index < -0.39 is 77.9 Å². The molecule has 0 aromatic carbocycles. The zero-order valence-electron chi connectivity index (χ0n) is 13.6. The predicted molar refractivity (Wildman–Crippen MR) is 90.0 cm³/mol. The molecule has 0 bridgehead atoms. The van der Waals surface area contributed by atoms with E-state index in [1.807, 2.05) is 0 Å². The van der Waals surface area contributed by atoms with E-state index in [-0.39, 0.29) is 0 Å². The van der Waals surface area contributed by atoms with Gasteiger partial charge in [-0.25, -0.2) is 33.7 Å². The third kappa shape index (κ3) is 5.40. The lowest BCUT2D eigenvalue weighted by molar-refractivity contribution is 0.560. The SMILES string of the molecule is CCS(=O)(=O)C(CC(S(=O)(=O)CC)S(=O)(=O)CC)S(=O)(=O)CC. The first-order chi connectivity index (χ1) is 10.2. The van der Waals surface area contributed by atoms with Gasteiger partial charge in [-0.15, -0.1) is 0 Å². The molecule has 0 amide bonds. The molecular formula is C11H24O8S4. The molecule has 0 unspecified atom stereocenters. The van der Waals surface area contributed by atoms with Gasteiger partial charge in [0.25, 0.3) is 0 Å². The van der Waals surface area contributed by atoms with Crippen molar-refractivity contribution in [2.75, 3.05) is 23.0 Å². The van der Waals surface area contributed by atoms with Crippen molar-refractivity contribution in [1.29, 1.82) is 0 Å². The summed E-state index contributed by atoms with van der Waals surface area (Å²) >= 11 is 0. The summed E-state index contributed by atoms with van der Waals surface area (Å²) in [6.07, 6.45) is -0.987. The van der Waals surface area contributed by atoms with E-state index in [1.54, 1.807) is 0 Å². The normalized spacial score (nSPS) is 14.5. The fraction of sp³-hybridized carbons (Fsp3) is 1.00. The molecule has 12 heteroatoms. The van der Waals surface area contributed by atoms with Crippen LogP contribution in [0.15, 0.2) is 0 Å². The number of hydrogen-bond acceptors (Lipinski definition) is 8. The third-order valence-corrected chi connectivity index (χ3v) is 14.3. The van der Waals surface area contributed by atoms with Crippen LogP contribution in [0.3, 0.4) is 0 Å². The summed E-state index contributed by atoms with van der Waals surface area (Å²) in [5.74, 6) is -2.10. The van der Waals surface area contributed by atoms with Gasteiger partial charge in [0.15, 0.2) is 48.5 Å². The second-order valence-corrected chi connectivity index (χ2v) is 15.4. The van der Waals surface area contributed by atoms with Crippen molar-refractivity contribution in [1.82, 2.24) is 0 Å². The van der Waals surface area contributed by atoms with Crippen LogP contribution in [-0.4, -0.2) is 65.8 Å². The average Bonchev–Trinajstić information content (AvgIpc) is 2.46. The second kappa shape index (κ2) is 7.79. The van der Waals surface area contributed by atoms with Crippen LogP contribution in [0.5, 0.6) is 0 Å². The minimum atomic E-state index is -4.18. The highest BCUT2D eigenvalue weighted by molar-refractivity contribution is 8.10. The first-order valence-electron chi connectivity index (χ1n) is 7.08. The molecule has 0 heterocycles. The molecule has 8 nitrogen and oxygen atoms in total. The van der Waals surface area contributed by atoms with Gasteiger partial charge in [-0.05, 0) is 0 Å². The highest BCUT2D eigenvalue weighted by Crippen LogP contribution is 2.25. The number of rotatable bonds is 10. The minimum absolute atomic E-state index is 0.526. The standard InChI is InChI=1S/C11H24O8S4/c1-5-20(12,13)10(21(14,15)6-2)9-11(22(16,17)7-3)23(18,19)8-4/h10-11H,5-9H2,1-4H3. The van der Waals surface area contributed by atoms with Gasteiger partial charge >= 0.3 is 0 Å². The molecule has 23 heavy (non-hydrogen) atoms. The summed E-state index contributed by atoms with van der Waals surface area (Å²) in [4.78, 5) is 0. The summed E-state index contributed by atoms with van der Waals surface area (Å²) in [6.45, 7) is 4.91. The molecule has 0 rings (SSSR count). The Morgan fingerprint density at radius 3 is 0.783 bits per heavy atom. The molecule has 140 valence electrons. The molecule has 0 aliphatic heterocycles. The Hall–Kier alpha value is -0.200. The van der Waals surface area contributed by atoms with Crippen LogP contribution in [-0.2, 0) is 39.3 Å². The highest BCUT2D eigenvalue weighted by atomic mass is 32.3. The van der Waals surface area contributed by atoms with E-state index in [9.17, 15) is 33.7 Å². The fourth-order valence-electron chi connectivity index (χ4n) is 1.93. The van der Waals surface area contributed by atoms with Crippen molar-refractivity contribution in [3.8, 4) is 0 Å². The third-order valence-electron chi connectivity index (χ3n) is 3.60. The minimum Gasteiger partial charge on any atom is -0.228 e. The zero-order valence-corrected chi connectivity index (χ0v) is 16.9. The van der Waals surface area contributed by atoms with Gasteiger partial charge in [0, 0.05) is 29.4 Å². The molecule has 0 aliphatic rings. The van der Waals surface area contributed by atoms with E-state index in [2.05, 4.69) is 0 Å². The van der Waals surface area contributed by atoms with Gasteiger partial charge in [0.1, 0.15) is 0 Å². The van der Waals surface area contributed by atoms with Crippen LogP contribution in [0.1, 0.15) is 34.1 Å². The molecule has 0 aromatic heterocycles. The summed E-state index contributed by atoms with van der Waals surface area (Å²) in [6, 6.07) is 0. The van der Waals surface area contributed by atoms with Crippen LogP contribution >= 0.6 is 0 Å².